The maximum Gasteiger partial charge on any atom is 0.327 e. The molecule has 1 aromatic heterocycles. The summed E-state index contributed by atoms with van der Waals surface area (Å²) in [5.74, 6) is -1.22. The molecule has 198 valence electrons. The number of nitrogens with one attached hydrogen (secondary N) is 2. The monoisotopic (exact) mass is 550 g/mol. The van der Waals surface area contributed by atoms with Gasteiger partial charge in [0, 0.05) is 40.0 Å². The molecule has 1 atom stereocenters. The molecule has 0 aliphatic carbocycles. The van der Waals surface area contributed by atoms with Crippen molar-refractivity contribution in [2.24, 2.45) is 0 Å². The first-order valence-electron chi connectivity index (χ1n) is 12.5. The van der Waals surface area contributed by atoms with E-state index in [1.807, 2.05) is 30.3 Å². The predicted molar refractivity (Wildman–Crippen MR) is 157 cm³/mol. The number of benzene rings is 4. The Kier molecular flexibility index (Phi) is 8.13. The van der Waals surface area contributed by atoms with E-state index in [1.54, 1.807) is 79.1 Å². The molecule has 0 saturated heterocycles. The van der Waals surface area contributed by atoms with Crippen LogP contribution in [0, 0.1) is 5.82 Å². The minimum Gasteiger partial charge on any atom is -0.324 e. The van der Waals surface area contributed by atoms with Crippen molar-refractivity contribution in [3.63, 3.8) is 0 Å². The maximum atomic E-state index is 15.2. The number of hydrogen-bond donors (Lipinski definition) is 2. The average Bonchev–Trinajstić information content (AvgIpc) is 2.98. The molecule has 40 heavy (non-hydrogen) atoms. The van der Waals surface area contributed by atoms with Crippen molar-refractivity contribution in [2.45, 2.75) is 6.04 Å². The Morgan fingerprint density at radius 2 is 1.30 bits per heavy atom. The van der Waals surface area contributed by atoms with Crippen molar-refractivity contribution in [1.82, 2.24) is 4.98 Å². The molecule has 1 unspecified atom stereocenters. The number of rotatable bonds is 7. The van der Waals surface area contributed by atoms with Gasteiger partial charge in [0.25, 0.3) is 5.91 Å². The Bertz CT molecular complexity index is 1600. The minimum atomic E-state index is -1.36. The Morgan fingerprint density at radius 1 is 0.700 bits per heavy atom. The third-order valence-corrected chi connectivity index (χ3v) is 6.47. The summed E-state index contributed by atoms with van der Waals surface area (Å²) in [7, 11) is 0. The zero-order valence-corrected chi connectivity index (χ0v) is 21.9. The molecule has 0 radical (unpaired) electrons. The smallest absolute Gasteiger partial charge is 0.324 e. The van der Waals surface area contributed by atoms with Gasteiger partial charge in [-0.2, -0.15) is 0 Å². The van der Waals surface area contributed by atoms with E-state index in [0.717, 1.165) is 11.1 Å². The van der Waals surface area contributed by atoms with E-state index in [9.17, 15) is 9.59 Å². The van der Waals surface area contributed by atoms with E-state index >= 15 is 4.39 Å². The van der Waals surface area contributed by atoms with Crippen molar-refractivity contribution in [3.05, 3.63) is 144 Å². The van der Waals surface area contributed by atoms with Crippen LogP contribution in [-0.4, -0.2) is 16.9 Å². The number of halogens is 2. The van der Waals surface area contributed by atoms with Crippen LogP contribution in [0.3, 0.4) is 0 Å². The lowest BCUT2D eigenvalue weighted by molar-refractivity contribution is -0.117. The molecule has 0 spiro atoms. The van der Waals surface area contributed by atoms with E-state index in [0.29, 0.717) is 22.1 Å². The van der Waals surface area contributed by atoms with Gasteiger partial charge in [-0.25, -0.2) is 9.18 Å². The van der Waals surface area contributed by atoms with Crippen LogP contribution in [0.15, 0.2) is 128 Å². The second-order valence-corrected chi connectivity index (χ2v) is 9.31. The van der Waals surface area contributed by atoms with E-state index in [1.165, 1.54) is 23.1 Å². The van der Waals surface area contributed by atoms with E-state index in [-0.39, 0.29) is 5.56 Å². The van der Waals surface area contributed by atoms with Gasteiger partial charge < -0.3 is 10.6 Å². The van der Waals surface area contributed by atoms with E-state index < -0.39 is 23.8 Å². The zero-order chi connectivity index (χ0) is 27.9. The second kappa shape index (κ2) is 12.2. The van der Waals surface area contributed by atoms with Crippen molar-refractivity contribution in [2.75, 3.05) is 15.5 Å². The molecule has 5 aromatic rings. The summed E-state index contributed by atoms with van der Waals surface area (Å²) in [5.41, 5.74) is 3.31. The Labute approximate surface area is 236 Å². The molecule has 1 heterocycles. The maximum absolute atomic E-state index is 15.2. The van der Waals surface area contributed by atoms with Gasteiger partial charge >= 0.3 is 6.03 Å². The van der Waals surface area contributed by atoms with Crippen LogP contribution in [0.2, 0.25) is 5.02 Å². The van der Waals surface area contributed by atoms with Gasteiger partial charge in [0.1, 0.15) is 11.9 Å². The predicted octanol–water partition coefficient (Wildman–Crippen LogP) is 7.96. The van der Waals surface area contributed by atoms with Crippen LogP contribution in [0.5, 0.6) is 0 Å². The fourth-order valence-corrected chi connectivity index (χ4v) is 4.41. The molecule has 0 bridgehead atoms. The quantitative estimate of drug-likeness (QED) is 0.216. The van der Waals surface area contributed by atoms with Crippen molar-refractivity contribution in [1.29, 1.82) is 0 Å². The highest BCUT2D eigenvalue weighted by atomic mass is 35.5. The van der Waals surface area contributed by atoms with Crippen LogP contribution in [0.25, 0.3) is 11.1 Å². The van der Waals surface area contributed by atoms with Crippen molar-refractivity contribution >= 4 is 40.6 Å². The van der Waals surface area contributed by atoms with Crippen LogP contribution < -0.4 is 15.5 Å². The number of carbonyl (C=O) groups is 2. The molecule has 0 saturated carbocycles. The SMILES string of the molecule is O=C(Nc1ccc(-c2ccncc2)cc1)C(c1ccccc1F)N(C(=O)Nc1ccccc1)c1ccc(Cl)cc1. The van der Waals surface area contributed by atoms with Gasteiger partial charge in [0.05, 0.1) is 0 Å². The van der Waals surface area contributed by atoms with Crippen LogP contribution in [0.1, 0.15) is 11.6 Å². The first-order valence-corrected chi connectivity index (χ1v) is 12.8. The fraction of sp³-hybridized carbons (Fsp3) is 0.0312. The first-order chi connectivity index (χ1) is 19.5. The number of amides is 3. The number of anilines is 3. The third-order valence-electron chi connectivity index (χ3n) is 6.22. The molecule has 4 aromatic carbocycles. The van der Waals surface area contributed by atoms with E-state index in [4.69, 9.17) is 11.6 Å². The van der Waals surface area contributed by atoms with Gasteiger partial charge in [-0.15, -0.1) is 0 Å². The molecule has 5 rings (SSSR count). The average molecular weight is 551 g/mol. The molecule has 6 nitrogen and oxygen atoms in total. The molecule has 8 heteroatoms. The number of nitrogens with zero attached hydrogens (tertiary/aromatic N) is 2. The lowest BCUT2D eigenvalue weighted by Crippen LogP contribution is -2.44. The van der Waals surface area contributed by atoms with Crippen molar-refractivity contribution in [3.8, 4) is 11.1 Å². The Hall–Kier alpha value is -5.01. The summed E-state index contributed by atoms with van der Waals surface area (Å²) in [6.45, 7) is 0. The van der Waals surface area contributed by atoms with Crippen molar-refractivity contribution < 1.29 is 14.0 Å². The number of pyridine rings is 1. The number of hydrogen-bond acceptors (Lipinski definition) is 3. The van der Waals surface area contributed by atoms with Gasteiger partial charge in [-0.3, -0.25) is 14.7 Å². The summed E-state index contributed by atoms with van der Waals surface area (Å²) in [5, 5.41) is 6.13. The summed E-state index contributed by atoms with van der Waals surface area (Å²) < 4.78 is 15.2. The number of urea groups is 1. The molecule has 0 fully saturated rings. The molecular formula is C32H24ClFN4O2. The van der Waals surface area contributed by atoms with Gasteiger partial charge in [-0.05, 0) is 77.9 Å². The fourth-order valence-electron chi connectivity index (χ4n) is 4.29. The number of aromatic nitrogens is 1. The number of carbonyl (C=O) groups excluding carboxylic acids is 2. The topological polar surface area (TPSA) is 74.3 Å². The van der Waals surface area contributed by atoms with Gasteiger partial charge in [0.2, 0.25) is 0 Å². The zero-order valence-electron chi connectivity index (χ0n) is 21.2. The minimum absolute atomic E-state index is 0.0339. The summed E-state index contributed by atoms with van der Waals surface area (Å²) >= 11 is 6.11. The van der Waals surface area contributed by atoms with Crippen LogP contribution in [-0.2, 0) is 4.79 Å². The molecule has 2 N–H and O–H groups in total. The molecule has 0 aliphatic rings. The lowest BCUT2D eigenvalue weighted by Gasteiger charge is -2.31. The highest BCUT2D eigenvalue weighted by Crippen LogP contribution is 2.32. The van der Waals surface area contributed by atoms with Crippen LogP contribution >= 0.6 is 11.6 Å². The summed E-state index contributed by atoms with van der Waals surface area (Å²) in [6, 6.07) is 30.2. The largest absolute Gasteiger partial charge is 0.327 e. The third kappa shape index (κ3) is 6.17. The second-order valence-electron chi connectivity index (χ2n) is 8.87. The summed E-state index contributed by atoms with van der Waals surface area (Å²) in [4.78, 5) is 32.9. The highest BCUT2D eigenvalue weighted by Gasteiger charge is 2.35. The van der Waals surface area contributed by atoms with Crippen LogP contribution in [0.4, 0.5) is 26.2 Å². The molecule has 0 aliphatic heterocycles. The lowest BCUT2D eigenvalue weighted by atomic mass is 10.0. The number of para-hydroxylation sites is 1. The first kappa shape index (κ1) is 26.6. The normalized spacial score (nSPS) is 11.3. The Balaban J connectivity index is 1.53. The summed E-state index contributed by atoms with van der Waals surface area (Å²) in [6.07, 6.45) is 3.41. The Morgan fingerprint density at radius 3 is 1.98 bits per heavy atom. The van der Waals surface area contributed by atoms with Gasteiger partial charge in [0.15, 0.2) is 0 Å². The van der Waals surface area contributed by atoms with Gasteiger partial charge in [-0.1, -0.05) is 60.1 Å². The molecular weight excluding hydrogens is 527 g/mol. The molecule has 3 amide bonds. The standard InChI is InChI=1S/C32H24ClFN4O2/c33-24-12-16-27(17-13-24)38(32(40)37-25-6-2-1-3-7-25)30(28-8-4-5-9-29(28)34)31(39)36-26-14-10-22(11-15-26)23-18-20-35-21-19-23/h1-21,30H,(H,36,39)(H,37,40). The highest BCUT2D eigenvalue weighted by molar-refractivity contribution is 6.30. The van der Waals surface area contributed by atoms with E-state index in [2.05, 4.69) is 15.6 Å².